The van der Waals surface area contributed by atoms with Crippen molar-refractivity contribution in [2.24, 2.45) is 5.92 Å². The van der Waals surface area contributed by atoms with E-state index >= 15 is 0 Å². The van der Waals surface area contributed by atoms with E-state index in [9.17, 15) is 5.11 Å². The molecule has 1 aromatic carbocycles. The molecule has 4 nitrogen and oxygen atoms in total. The molecule has 1 saturated heterocycles. The largest absolute Gasteiger partial charge is 0.489 e. The normalized spacial score (nSPS) is 22.2. The predicted molar refractivity (Wildman–Crippen MR) is 82.5 cm³/mol. The Morgan fingerprint density at radius 1 is 1.35 bits per heavy atom. The Labute approximate surface area is 121 Å². The van der Waals surface area contributed by atoms with E-state index in [1.807, 2.05) is 32.0 Å². The van der Waals surface area contributed by atoms with Crippen LogP contribution in [-0.4, -0.2) is 44.0 Å². The van der Waals surface area contributed by atoms with Crippen molar-refractivity contribution >= 4 is 5.69 Å². The zero-order valence-electron chi connectivity index (χ0n) is 12.7. The van der Waals surface area contributed by atoms with Crippen LogP contribution in [0.3, 0.4) is 0 Å². The molecule has 1 fully saturated rings. The van der Waals surface area contributed by atoms with Crippen molar-refractivity contribution < 1.29 is 9.84 Å². The van der Waals surface area contributed by atoms with E-state index in [2.05, 4.69) is 23.3 Å². The van der Waals surface area contributed by atoms with Crippen LogP contribution in [0, 0.1) is 5.92 Å². The summed E-state index contributed by atoms with van der Waals surface area (Å²) in [5, 5.41) is 12.6. The zero-order chi connectivity index (χ0) is 14.5. The van der Waals surface area contributed by atoms with Gasteiger partial charge in [-0.1, -0.05) is 12.1 Å². The topological polar surface area (TPSA) is 44.7 Å². The van der Waals surface area contributed by atoms with Crippen molar-refractivity contribution in [3.63, 3.8) is 0 Å². The molecule has 1 aliphatic rings. The highest BCUT2D eigenvalue weighted by molar-refractivity contribution is 5.59. The van der Waals surface area contributed by atoms with E-state index in [-0.39, 0.29) is 12.7 Å². The first-order valence-electron chi connectivity index (χ1n) is 7.43. The van der Waals surface area contributed by atoms with Crippen LogP contribution in [-0.2, 0) is 0 Å². The zero-order valence-corrected chi connectivity index (χ0v) is 12.7. The summed E-state index contributed by atoms with van der Waals surface area (Å²) in [5.41, 5.74) is 1.12. The van der Waals surface area contributed by atoms with E-state index in [1.54, 1.807) is 0 Å². The van der Waals surface area contributed by atoms with E-state index in [0.717, 1.165) is 30.9 Å². The van der Waals surface area contributed by atoms with Crippen LogP contribution in [0.5, 0.6) is 5.75 Å². The van der Waals surface area contributed by atoms with Crippen molar-refractivity contribution in [2.45, 2.75) is 32.4 Å². The summed E-state index contributed by atoms with van der Waals surface area (Å²) in [6, 6.07) is 8.58. The number of anilines is 1. The van der Waals surface area contributed by atoms with Crippen molar-refractivity contribution in [2.75, 3.05) is 31.6 Å². The Hall–Kier alpha value is -1.26. The second kappa shape index (κ2) is 6.95. The van der Waals surface area contributed by atoms with Crippen LogP contribution in [0.1, 0.15) is 20.3 Å². The fourth-order valence-corrected chi connectivity index (χ4v) is 2.91. The number of ether oxygens (including phenoxy) is 1. The maximum absolute atomic E-state index is 9.20. The highest BCUT2D eigenvalue weighted by Gasteiger charge is 2.30. The molecule has 2 atom stereocenters. The van der Waals surface area contributed by atoms with E-state index in [4.69, 9.17) is 4.74 Å². The molecular weight excluding hydrogens is 252 g/mol. The fourth-order valence-electron chi connectivity index (χ4n) is 2.91. The lowest BCUT2D eigenvalue weighted by Gasteiger charge is -2.32. The third kappa shape index (κ3) is 3.44. The van der Waals surface area contributed by atoms with Gasteiger partial charge in [0.25, 0.3) is 0 Å². The van der Waals surface area contributed by atoms with E-state index in [0.29, 0.717) is 12.0 Å². The van der Waals surface area contributed by atoms with Crippen LogP contribution in [0.4, 0.5) is 5.69 Å². The highest BCUT2D eigenvalue weighted by Crippen LogP contribution is 2.32. The molecular formula is C16H26N2O2. The predicted octanol–water partition coefficient (Wildman–Crippen LogP) is 1.88. The Bertz CT molecular complexity index is 423. The summed E-state index contributed by atoms with van der Waals surface area (Å²) in [7, 11) is 2.12. The SMILES string of the molecule is CC(C)Oc1ccccc1N(C)C1CNCC1CCO. The van der Waals surface area contributed by atoms with Crippen LogP contribution in [0.2, 0.25) is 0 Å². The van der Waals surface area contributed by atoms with Gasteiger partial charge in [-0.2, -0.15) is 0 Å². The third-order valence-corrected chi connectivity index (χ3v) is 3.91. The van der Waals surface area contributed by atoms with Gasteiger partial charge in [-0.3, -0.25) is 0 Å². The van der Waals surface area contributed by atoms with Gasteiger partial charge in [-0.05, 0) is 38.3 Å². The number of nitrogens with zero attached hydrogens (tertiary/aromatic N) is 1. The number of para-hydroxylation sites is 2. The number of benzene rings is 1. The summed E-state index contributed by atoms with van der Waals surface area (Å²) in [4.78, 5) is 2.29. The van der Waals surface area contributed by atoms with Crippen LogP contribution in [0.15, 0.2) is 24.3 Å². The molecule has 1 aliphatic heterocycles. The van der Waals surface area contributed by atoms with Gasteiger partial charge in [0, 0.05) is 32.8 Å². The second-order valence-electron chi connectivity index (χ2n) is 5.74. The second-order valence-corrected chi connectivity index (χ2v) is 5.74. The monoisotopic (exact) mass is 278 g/mol. The number of rotatable bonds is 6. The molecule has 2 rings (SSSR count). The van der Waals surface area contributed by atoms with Gasteiger partial charge in [0.1, 0.15) is 5.75 Å². The molecule has 1 aromatic rings. The number of aliphatic hydroxyl groups is 1. The van der Waals surface area contributed by atoms with Gasteiger partial charge in [0.15, 0.2) is 0 Å². The molecule has 4 heteroatoms. The molecule has 112 valence electrons. The number of hydrogen-bond donors (Lipinski definition) is 2. The molecule has 1 heterocycles. The summed E-state index contributed by atoms with van der Waals surface area (Å²) in [5.74, 6) is 1.41. The summed E-state index contributed by atoms with van der Waals surface area (Å²) in [6.45, 7) is 6.27. The minimum Gasteiger partial charge on any atom is -0.489 e. The number of aliphatic hydroxyl groups excluding tert-OH is 1. The van der Waals surface area contributed by atoms with Gasteiger partial charge < -0.3 is 20.1 Å². The van der Waals surface area contributed by atoms with Gasteiger partial charge >= 0.3 is 0 Å². The minimum absolute atomic E-state index is 0.166. The van der Waals surface area contributed by atoms with Gasteiger partial charge in [-0.25, -0.2) is 0 Å². The van der Waals surface area contributed by atoms with Gasteiger partial charge in [0.2, 0.25) is 0 Å². The lowest BCUT2D eigenvalue weighted by molar-refractivity contribution is 0.241. The Morgan fingerprint density at radius 3 is 2.80 bits per heavy atom. The molecule has 2 unspecified atom stereocenters. The average Bonchev–Trinajstić information content (AvgIpc) is 2.86. The highest BCUT2D eigenvalue weighted by atomic mass is 16.5. The Balaban J connectivity index is 2.17. The first-order valence-corrected chi connectivity index (χ1v) is 7.43. The van der Waals surface area contributed by atoms with Crippen LogP contribution >= 0.6 is 0 Å². The third-order valence-electron chi connectivity index (χ3n) is 3.91. The van der Waals surface area contributed by atoms with E-state index < -0.39 is 0 Å². The van der Waals surface area contributed by atoms with E-state index in [1.165, 1.54) is 0 Å². The van der Waals surface area contributed by atoms with Crippen LogP contribution < -0.4 is 15.0 Å². The Kier molecular flexibility index (Phi) is 5.26. The fraction of sp³-hybridized carbons (Fsp3) is 0.625. The molecule has 0 aliphatic carbocycles. The molecule has 0 spiro atoms. The lowest BCUT2D eigenvalue weighted by atomic mass is 9.98. The molecule has 2 N–H and O–H groups in total. The number of nitrogens with one attached hydrogen (secondary N) is 1. The first kappa shape index (κ1) is 15.1. The molecule has 0 saturated carbocycles. The van der Waals surface area contributed by atoms with Crippen LogP contribution in [0.25, 0.3) is 0 Å². The minimum atomic E-state index is 0.166. The lowest BCUT2D eigenvalue weighted by Crippen LogP contribution is -2.38. The van der Waals surface area contributed by atoms with Crippen molar-refractivity contribution in [1.82, 2.24) is 5.32 Å². The van der Waals surface area contributed by atoms with Gasteiger partial charge in [0.05, 0.1) is 11.8 Å². The van der Waals surface area contributed by atoms with Gasteiger partial charge in [-0.15, -0.1) is 0 Å². The van der Waals surface area contributed by atoms with Crippen molar-refractivity contribution in [3.05, 3.63) is 24.3 Å². The quantitative estimate of drug-likeness (QED) is 0.834. The molecule has 0 radical (unpaired) electrons. The van der Waals surface area contributed by atoms with Crippen molar-refractivity contribution in [3.8, 4) is 5.75 Å². The maximum Gasteiger partial charge on any atom is 0.142 e. The number of hydrogen-bond acceptors (Lipinski definition) is 4. The van der Waals surface area contributed by atoms with Crippen molar-refractivity contribution in [1.29, 1.82) is 0 Å². The Morgan fingerprint density at radius 2 is 2.10 bits per heavy atom. The summed E-state index contributed by atoms with van der Waals surface area (Å²) >= 11 is 0. The standard InChI is InChI=1S/C16H26N2O2/c1-12(2)20-16-7-5-4-6-14(16)18(3)15-11-17-10-13(15)8-9-19/h4-7,12-13,15,17,19H,8-11H2,1-3H3. The first-order chi connectivity index (χ1) is 9.63. The summed E-state index contributed by atoms with van der Waals surface area (Å²) < 4.78 is 5.91. The smallest absolute Gasteiger partial charge is 0.142 e. The average molecular weight is 278 g/mol. The molecule has 0 aromatic heterocycles. The maximum atomic E-state index is 9.20. The summed E-state index contributed by atoms with van der Waals surface area (Å²) in [6.07, 6.45) is 1.01. The molecule has 20 heavy (non-hydrogen) atoms. The molecule has 0 bridgehead atoms. The molecule has 0 amide bonds. The number of likely N-dealkylation sites (N-methyl/N-ethyl adjacent to an activating group) is 1.